The molecule has 4 aromatic rings. The number of likely N-dealkylation sites (N-methyl/N-ethyl adjacent to an activating group) is 1. The molecule has 0 saturated carbocycles. The van der Waals surface area contributed by atoms with Crippen molar-refractivity contribution in [3.8, 4) is 11.3 Å². The van der Waals surface area contributed by atoms with Gasteiger partial charge >= 0.3 is 0 Å². The van der Waals surface area contributed by atoms with Crippen molar-refractivity contribution in [2.45, 2.75) is 0 Å². The van der Waals surface area contributed by atoms with E-state index in [9.17, 15) is 8.78 Å². The molecular weight excluding hydrogens is 406 g/mol. The number of nitrogens with one attached hydrogen (secondary N) is 2. The highest BCUT2D eigenvalue weighted by molar-refractivity contribution is 7.22. The first-order valence-corrected chi connectivity index (χ1v) is 10.5. The number of thiazole rings is 1. The van der Waals surface area contributed by atoms with Crippen LogP contribution in [0.1, 0.15) is 0 Å². The van der Waals surface area contributed by atoms with Crippen LogP contribution in [-0.4, -0.2) is 53.3 Å². The maximum atomic E-state index is 14.2. The summed E-state index contributed by atoms with van der Waals surface area (Å²) in [6.45, 7) is 4.15. The molecule has 3 heterocycles. The third kappa shape index (κ3) is 3.50. The van der Waals surface area contributed by atoms with Crippen LogP contribution in [0.15, 0.2) is 42.5 Å². The standard InChI is InChI=1S/C21H20F2N6S/c1-28-9-11-29(12-10-28)14-7-5-13(6-8-14)24-21-25-20-19(30-21)18(26-27-20)17-15(22)3-2-4-16(17)23/h2-8H,9-12H2,1H3,(H2,24,25,26,27). The zero-order valence-corrected chi connectivity index (χ0v) is 17.1. The molecule has 2 N–H and O–H groups in total. The Morgan fingerprint density at radius 3 is 2.40 bits per heavy atom. The number of fused-ring (bicyclic) bond motifs is 1. The second-order valence-corrected chi connectivity index (χ2v) is 8.33. The molecule has 1 aliphatic heterocycles. The minimum atomic E-state index is -0.636. The predicted octanol–water partition coefficient (Wildman–Crippen LogP) is 4.46. The van der Waals surface area contributed by atoms with Crippen molar-refractivity contribution < 1.29 is 8.78 Å². The van der Waals surface area contributed by atoms with Gasteiger partial charge in [0.1, 0.15) is 16.3 Å². The Kier molecular flexibility index (Phi) is 4.84. The van der Waals surface area contributed by atoms with Crippen LogP contribution >= 0.6 is 11.3 Å². The molecule has 30 heavy (non-hydrogen) atoms. The lowest BCUT2D eigenvalue weighted by Gasteiger charge is -2.34. The summed E-state index contributed by atoms with van der Waals surface area (Å²) in [7, 11) is 2.14. The zero-order valence-electron chi connectivity index (χ0n) is 16.3. The molecule has 6 nitrogen and oxygen atoms in total. The van der Waals surface area contributed by atoms with Crippen LogP contribution in [0, 0.1) is 11.6 Å². The number of rotatable bonds is 4. The molecule has 0 aliphatic carbocycles. The van der Waals surface area contributed by atoms with Crippen molar-refractivity contribution in [3.05, 3.63) is 54.1 Å². The molecule has 1 fully saturated rings. The number of piperazine rings is 1. The summed E-state index contributed by atoms with van der Waals surface area (Å²) < 4.78 is 29.0. The Bertz CT molecular complexity index is 1160. The number of hydrogen-bond donors (Lipinski definition) is 2. The Morgan fingerprint density at radius 2 is 1.70 bits per heavy atom. The van der Waals surface area contributed by atoms with Crippen LogP contribution in [0.25, 0.3) is 21.6 Å². The van der Waals surface area contributed by atoms with Crippen molar-refractivity contribution >= 4 is 38.2 Å². The number of hydrogen-bond acceptors (Lipinski definition) is 6. The Labute approximate surface area is 176 Å². The monoisotopic (exact) mass is 426 g/mol. The van der Waals surface area contributed by atoms with Gasteiger partial charge in [0.15, 0.2) is 10.8 Å². The van der Waals surface area contributed by atoms with Crippen molar-refractivity contribution in [1.29, 1.82) is 0 Å². The fourth-order valence-corrected chi connectivity index (χ4v) is 4.54. The first kappa shape index (κ1) is 19.0. The van der Waals surface area contributed by atoms with Gasteiger partial charge in [-0.05, 0) is 43.4 Å². The summed E-state index contributed by atoms with van der Waals surface area (Å²) >= 11 is 1.30. The van der Waals surface area contributed by atoms with Gasteiger partial charge in [-0.2, -0.15) is 10.1 Å². The fraction of sp³-hybridized carbons (Fsp3) is 0.238. The van der Waals surface area contributed by atoms with Crippen LogP contribution < -0.4 is 10.2 Å². The van der Waals surface area contributed by atoms with E-state index in [1.165, 1.54) is 35.2 Å². The average Bonchev–Trinajstić information content (AvgIpc) is 3.30. The van der Waals surface area contributed by atoms with E-state index in [0.717, 1.165) is 31.9 Å². The largest absolute Gasteiger partial charge is 0.369 e. The van der Waals surface area contributed by atoms with Gasteiger partial charge in [-0.3, -0.25) is 5.10 Å². The molecule has 0 radical (unpaired) electrons. The lowest BCUT2D eigenvalue weighted by atomic mass is 10.1. The van der Waals surface area contributed by atoms with Gasteiger partial charge in [-0.25, -0.2) is 8.78 Å². The second-order valence-electron chi connectivity index (χ2n) is 7.33. The molecular formula is C21H20F2N6S. The average molecular weight is 426 g/mol. The minimum absolute atomic E-state index is 0.119. The maximum Gasteiger partial charge on any atom is 0.194 e. The van der Waals surface area contributed by atoms with E-state index in [2.05, 4.69) is 49.5 Å². The number of aromatic amines is 1. The number of anilines is 3. The van der Waals surface area contributed by atoms with E-state index >= 15 is 0 Å². The lowest BCUT2D eigenvalue weighted by Crippen LogP contribution is -2.44. The van der Waals surface area contributed by atoms with Crippen LogP contribution in [-0.2, 0) is 0 Å². The van der Waals surface area contributed by atoms with Crippen molar-refractivity contribution in [1.82, 2.24) is 20.1 Å². The first-order chi connectivity index (χ1) is 14.6. The Hall–Kier alpha value is -3.04. The summed E-state index contributed by atoms with van der Waals surface area (Å²) in [4.78, 5) is 9.14. The van der Waals surface area contributed by atoms with Gasteiger partial charge in [-0.1, -0.05) is 17.4 Å². The predicted molar refractivity (Wildman–Crippen MR) is 117 cm³/mol. The van der Waals surface area contributed by atoms with Crippen LogP contribution in [0.5, 0.6) is 0 Å². The highest BCUT2D eigenvalue weighted by Gasteiger charge is 2.20. The molecule has 2 aromatic carbocycles. The van der Waals surface area contributed by atoms with E-state index in [0.29, 0.717) is 21.2 Å². The highest BCUT2D eigenvalue weighted by atomic mass is 32.1. The van der Waals surface area contributed by atoms with E-state index in [1.54, 1.807) is 0 Å². The molecule has 1 saturated heterocycles. The third-order valence-corrected chi connectivity index (χ3v) is 6.29. The summed E-state index contributed by atoms with van der Waals surface area (Å²) in [6, 6.07) is 12.0. The summed E-state index contributed by atoms with van der Waals surface area (Å²) in [5, 5.41) is 10.7. The van der Waals surface area contributed by atoms with Gasteiger partial charge in [-0.15, -0.1) is 0 Å². The summed E-state index contributed by atoms with van der Waals surface area (Å²) in [5.74, 6) is -1.27. The smallest absolute Gasteiger partial charge is 0.194 e. The van der Waals surface area contributed by atoms with Crippen LogP contribution in [0.3, 0.4) is 0 Å². The normalized spacial score (nSPS) is 15.1. The minimum Gasteiger partial charge on any atom is -0.369 e. The molecule has 2 aromatic heterocycles. The Morgan fingerprint density at radius 1 is 1.00 bits per heavy atom. The highest BCUT2D eigenvalue weighted by Crippen LogP contribution is 2.36. The summed E-state index contributed by atoms with van der Waals surface area (Å²) in [5.41, 5.74) is 2.70. The Balaban J connectivity index is 1.37. The number of benzene rings is 2. The fourth-order valence-electron chi connectivity index (χ4n) is 3.61. The molecule has 0 atom stereocenters. The number of halogens is 2. The molecule has 1 aliphatic rings. The number of aromatic nitrogens is 3. The number of nitrogens with zero attached hydrogens (tertiary/aromatic N) is 4. The molecule has 0 bridgehead atoms. The van der Waals surface area contributed by atoms with Gasteiger partial charge in [0, 0.05) is 37.6 Å². The maximum absolute atomic E-state index is 14.2. The molecule has 5 rings (SSSR count). The van der Waals surface area contributed by atoms with Crippen LogP contribution in [0.2, 0.25) is 0 Å². The first-order valence-electron chi connectivity index (χ1n) is 9.68. The van der Waals surface area contributed by atoms with E-state index < -0.39 is 11.6 Å². The van der Waals surface area contributed by atoms with E-state index in [1.807, 2.05) is 12.1 Å². The molecule has 9 heteroatoms. The van der Waals surface area contributed by atoms with Crippen molar-refractivity contribution in [2.75, 3.05) is 43.4 Å². The molecule has 0 amide bonds. The third-order valence-electron chi connectivity index (χ3n) is 5.31. The van der Waals surface area contributed by atoms with Gasteiger partial charge in [0.25, 0.3) is 0 Å². The SMILES string of the molecule is CN1CCN(c2ccc(Nc3nc4n[nH]c(-c5c(F)cccc5F)c4s3)cc2)CC1. The van der Waals surface area contributed by atoms with Crippen molar-refractivity contribution in [2.24, 2.45) is 0 Å². The van der Waals surface area contributed by atoms with Crippen molar-refractivity contribution in [3.63, 3.8) is 0 Å². The van der Waals surface area contributed by atoms with Gasteiger partial charge in [0.2, 0.25) is 0 Å². The number of H-pyrrole nitrogens is 1. The van der Waals surface area contributed by atoms with E-state index in [-0.39, 0.29) is 5.56 Å². The quantitative estimate of drug-likeness (QED) is 0.505. The second kappa shape index (κ2) is 7.66. The summed E-state index contributed by atoms with van der Waals surface area (Å²) in [6.07, 6.45) is 0. The zero-order chi connectivity index (χ0) is 20.7. The van der Waals surface area contributed by atoms with Crippen LogP contribution in [0.4, 0.5) is 25.3 Å². The molecule has 0 spiro atoms. The molecule has 154 valence electrons. The molecule has 0 unspecified atom stereocenters. The van der Waals surface area contributed by atoms with Gasteiger partial charge < -0.3 is 15.1 Å². The van der Waals surface area contributed by atoms with E-state index in [4.69, 9.17) is 0 Å². The lowest BCUT2D eigenvalue weighted by molar-refractivity contribution is 0.313. The van der Waals surface area contributed by atoms with Gasteiger partial charge in [0.05, 0.1) is 11.3 Å². The topological polar surface area (TPSA) is 60.1 Å².